The molecule has 1 aliphatic carbocycles. The number of ether oxygens (including phenoxy) is 2. The summed E-state index contributed by atoms with van der Waals surface area (Å²) in [5, 5.41) is 10.3. The molecule has 4 nitrogen and oxygen atoms in total. The molecule has 0 saturated heterocycles. The van der Waals surface area contributed by atoms with E-state index in [-0.39, 0.29) is 0 Å². The maximum atomic E-state index is 12.0. The zero-order chi connectivity index (χ0) is 15.6. The lowest BCUT2D eigenvalue weighted by atomic mass is 9.68. The molecule has 0 aliphatic heterocycles. The van der Waals surface area contributed by atoms with Gasteiger partial charge in [0, 0.05) is 11.1 Å². The van der Waals surface area contributed by atoms with Crippen molar-refractivity contribution in [1.82, 2.24) is 0 Å². The minimum atomic E-state index is -0.912. The maximum Gasteiger partial charge on any atom is 0.314 e. The molecule has 1 aromatic carbocycles. The molecule has 1 fully saturated rings. The van der Waals surface area contributed by atoms with E-state index in [0.29, 0.717) is 34.9 Å². The van der Waals surface area contributed by atoms with Crippen molar-refractivity contribution in [3.63, 3.8) is 0 Å². The first-order chi connectivity index (χ1) is 9.97. The second kappa shape index (κ2) is 6.14. The number of rotatable bonds is 4. The van der Waals surface area contributed by atoms with Crippen LogP contribution in [-0.4, -0.2) is 25.3 Å². The molecule has 2 rings (SSSR count). The average molecular weight is 313 g/mol. The molecule has 0 bridgehead atoms. The summed E-state index contributed by atoms with van der Waals surface area (Å²) in [6.45, 7) is 1.84. The van der Waals surface area contributed by atoms with Gasteiger partial charge in [-0.25, -0.2) is 0 Å². The molecule has 21 heavy (non-hydrogen) atoms. The number of aliphatic carboxylic acids is 1. The predicted octanol–water partition coefficient (Wildman–Crippen LogP) is 3.95. The van der Waals surface area contributed by atoms with Gasteiger partial charge in [0.25, 0.3) is 0 Å². The summed E-state index contributed by atoms with van der Waals surface area (Å²) in [7, 11) is 3.10. The Kier molecular flexibility index (Phi) is 4.67. The third-order valence-corrected chi connectivity index (χ3v) is 4.73. The summed E-state index contributed by atoms with van der Waals surface area (Å²) in [6.07, 6.45) is 4.10. The monoisotopic (exact) mass is 312 g/mol. The van der Waals surface area contributed by atoms with Crippen LogP contribution in [0.3, 0.4) is 0 Å². The summed E-state index contributed by atoms with van der Waals surface area (Å²) in [5.74, 6) is 0.301. The molecule has 1 aliphatic rings. The Morgan fingerprint density at radius 2 is 1.76 bits per heavy atom. The van der Waals surface area contributed by atoms with Gasteiger partial charge in [-0.2, -0.15) is 0 Å². The minimum Gasteiger partial charge on any atom is -0.496 e. The van der Waals surface area contributed by atoms with Gasteiger partial charge in [-0.05, 0) is 25.8 Å². The van der Waals surface area contributed by atoms with Gasteiger partial charge in [0.15, 0.2) is 0 Å². The fourth-order valence-electron chi connectivity index (χ4n) is 3.36. The van der Waals surface area contributed by atoms with E-state index in [2.05, 4.69) is 0 Å². The largest absolute Gasteiger partial charge is 0.496 e. The van der Waals surface area contributed by atoms with E-state index in [1.165, 1.54) is 0 Å². The van der Waals surface area contributed by atoms with Crippen molar-refractivity contribution in [3.05, 3.63) is 22.2 Å². The number of halogens is 1. The Labute approximate surface area is 130 Å². The third kappa shape index (κ3) is 2.57. The van der Waals surface area contributed by atoms with E-state index in [0.717, 1.165) is 24.8 Å². The molecule has 1 N–H and O–H groups in total. The quantitative estimate of drug-likeness (QED) is 0.914. The Morgan fingerprint density at radius 1 is 1.19 bits per heavy atom. The highest BCUT2D eigenvalue weighted by Crippen LogP contribution is 2.48. The van der Waals surface area contributed by atoms with Crippen molar-refractivity contribution in [2.75, 3.05) is 14.2 Å². The molecular weight excluding hydrogens is 292 g/mol. The number of carbonyl (C=O) groups is 1. The molecule has 1 saturated carbocycles. The van der Waals surface area contributed by atoms with Crippen LogP contribution in [0.4, 0.5) is 0 Å². The lowest BCUT2D eigenvalue weighted by Gasteiger charge is -2.35. The number of hydrogen-bond donors (Lipinski definition) is 1. The number of carboxylic acids is 1. The van der Waals surface area contributed by atoms with Crippen LogP contribution < -0.4 is 9.47 Å². The normalized spacial score (nSPS) is 17.3. The predicted molar refractivity (Wildman–Crippen MR) is 81.7 cm³/mol. The smallest absolute Gasteiger partial charge is 0.314 e. The van der Waals surface area contributed by atoms with Gasteiger partial charge in [0.2, 0.25) is 0 Å². The SMILES string of the molecule is COc1c(Cl)cc(C2(C(=O)O)CCCCC2)c(OC)c1C. The molecule has 0 unspecified atom stereocenters. The van der Waals surface area contributed by atoms with E-state index in [9.17, 15) is 9.90 Å². The van der Waals surface area contributed by atoms with Crippen molar-refractivity contribution in [2.24, 2.45) is 0 Å². The van der Waals surface area contributed by atoms with Gasteiger partial charge >= 0.3 is 5.97 Å². The van der Waals surface area contributed by atoms with E-state index >= 15 is 0 Å². The van der Waals surface area contributed by atoms with Crippen molar-refractivity contribution in [3.8, 4) is 11.5 Å². The Balaban J connectivity index is 2.68. The topological polar surface area (TPSA) is 55.8 Å². The molecule has 116 valence electrons. The number of hydrogen-bond acceptors (Lipinski definition) is 3. The highest BCUT2D eigenvalue weighted by Gasteiger charge is 2.44. The van der Waals surface area contributed by atoms with Gasteiger partial charge in [-0.3, -0.25) is 4.79 Å². The molecule has 1 aromatic rings. The first-order valence-electron chi connectivity index (χ1n) is 7.13. The van der Waals surface area contributed by atoms with Crippen molar-refractivity contribution >= 4 is 17.6 Å². The molecular formula is C16H21ClO4. The first-order valence-corrected chi connectivity index (χ1v) is 7.50. The Morgan fingerprint density at radius 3 is 2.24 bits per heavy atom. The zero-order valence-electron chi connectivity index (χ0n) is 12.7. The molecule has 0 radical (unpaired) electrons. The number of methoxy groups -OCH3 is 2. The lowest BCUT2D eigenvalue weighted by molar-refractivity contribution is -0.145. The van der Waals surface area contributed by atoms with Crippen LogP contribution in [0.15, 0.2) is 6.07 Å². The molecule has 5 heteroatoms. The van der Waals surface area contributed by atoms with Crippen molar-refractivity contribution < 1.29 is 19.4 Å². The number of benzene rings is 1. The molecule has 0 amide bonds. The van der Waals surface area contributed by atoms with E-state index in [4.69, 9.17) is 21.1 Å². The van der Waals surface area contributed by atoms with Gasteiger partial charge in [-0.1, -0.05) is 30.9 Å². The van der Waals surface area contributed by atoms with Gasteiger partial charge in [0.1, 0.15) is 11.5 Å². The average Bonchev–Trinajstić information content (AvgIpc) is 2.47. The highest BCUT2D eigenvalue weighted by atomic mass is 35.5. The summed E-state index contributed by atoms with van der Waals surface area (Å²) in [4.78, 5) is 12.0. The minimum absolute atomic E-state index is 0.428. The van der Waals surface area contributed by atoms with Crippen LogP contribution in [0.5, 0.6) is 11.5 Å². The molecule has 0 heterocycles. The molecule has 0 atom stereocenters. The third-order valence-electron chi connectivity index (χ3n) is 4.45. The van der Waals surface area contributed by atoms with Crippen LogP contribution in [0.1, 0.15) is 43.2 Å². The summed E-state index contributed by atoms with van der Waals surface area (Å²) in [6, 6.07) is 1.70. The fraction of sp³-hybridized carbons (Fsp3) is 0.562. The summed E-state index contributed by atoms with van der Waals surface area (Å²) in [5.41, 5.74) is 0.499. The van der Waals surface area contributed by atoms with Crippen LogP contribution in [-0.2, 0) is 10.2 Å². The Bertz CT molecular complexity index is 548. The number of carboxylic acid groups (broad SMARTS) is 1. The van der Waals surface area contributed by atoms with E-state index < -0.39 is 11.4 Å². The molecule has 0 spiro atoms. The van der Waals surface area contributed by atoms with Crippen LogP contribution in [0.2, 0.25) is 5.02 Å². The highest BCUT2D eigenvalue weighted by molar-refractivity contribution is 6.32. The summed E-state index contributed by atoms with van der Waals surface area (Å²) < 4.78 is 10.8. The second-order valence-corrected chi connectivity index (χ2v) is 5.95. The maximum absolute atomic E-state index is 12.0. The second-order valence-electron chi connectivity index (χ2n) is 5.55. The van der Waals surface area contributed by atoms with Crippen LogP contribution in [0, 0.1) is 6.92 Å². The zero-order valence-corrected chi connectivity index (χ0v) is 13.4. The van der Waals surface area contributed by atoms with Crippen LogP contribution >= 0.6 is 11.6 Å². The molecule has 0 aromatic heterocycles. The van der Waals surface area contributed by atoms with E-state index in [1.807, 2.05) is 6.92 Å². The van der Waals surface area contributed by atoms with Crippen LogP contribution in [0.25, 0.3) is 0 Å². The van der Waals surface area contributed by atoms with Crippen molar-refractivity contribution in [1.29, 1.82) is 0 Å². The first kappa shape index (κ1) is 16.0. The fourth-order valence-corrected chi connectivity index (χ4v) is 3.69. The van der Waals surface area contributed by atoms with Crippen molar-refractivity contribution in [2.45, 2.75) is 44.4 Å². The van der Waals surface area contributed by atoms with Gasteiger partial charge in [0.05, 0.1) is 24.7 Å². The summed E-state index contributed by atoms with van der Waals surface area (Å²) >= 11 is 6.28. The lowest BCUT2D eigenvalue weighted by Crippen LogP contribution is -2.38. The van der Waals surface area contributed by atoms with E-state index in [1.54, 1.807) is 20.3 Å². The Hall–Kier alpha value is -1.42. The van der Waals surface area contributed by atoms with Gasteiger partial charge in [-0.15, -0.1) is 0 Å². The standard InChI is InChI=1S/C16H21ClO4/c1-10-13(20-2)11(9-12(17)14(10)21-3)16(15(18)19)7-5-4-6-8-16/h9H,4-8H2,1-3H3,(H,18,19). The van der Waals surface area contributed by atoms with Gasteiger partial charge < -0.3 is 14.6 Å².